The molecule has 0 aliphatic heterocycles. The fraction of sp³-hybridized carbons (Fsp3) is 0.897. The van der Waals surface area contributed by atoms with Crippen LogP contribution in [0.2, 0.25) is 0 Å². The topological polar surface area (TPSA) is 237 Å². The van der Waals surface area contributed by atoms with Crippen molar-refractivity contribution in [3.8, 4) is 0 Å². The van der Waals surface area contributed by atoms with Gasteiger partial charge in [0.2, 0.25) is 0 Å². The van der Waals surface area contributed by atoms with Gasteiger partial charge in [-0.3, -0.25) is 37.3 Å². The van der Waals surface area contributed by atoms with Crippen molar-refractivity contribution < 1.29 is 80.2 Å². The third kappa shape index (κ3) is 70.4. The molecule has 0 radical (unpaired) electrons. The van der Waals surface area contributed by atoms with E-state index in [9.17, 15) is 43.2 Å². The largest absolute Gasteiger partial charge is 0.472 e. The van der Waals surface area contributed by atoms with E-state index in [1.807, 2.05) is 0 Å². The highest BCUT2D eigenvalue weighted by Crippen LogP contribution is 2.45. The Hall–Kier alpha value is -2.46. The summed E-state index contributed by atoms with van der Waals surface area (Å²) >= 11 is 0. The van der Waals surface area contributed by atoms with Crippen molar-refractivity contribution in [2.24, 2.45) is 17.8 Å². The number of phosphoric ester groups is 2. The molecule has 6 atom stereocenters. The molecule has 0 rings (SSSR count). The van der Waals surface area contributed by atoms with E-state index >= 15 is 0 Å². The van der Waals surface area contributed by atoms with Gasteiger partial charge >= 0.3 is 39.5 Å². The number of unbranched alkanes of at least 4 members (excludes halogenated alkanes) is 38. The van der Waals surface area contributed by atoms with Gasteiger partial charge in [0.15, 0.2) is 12.2 Å². The average Bonchev–Trinajstić information content (AvgIpc) is 1.27. The number of hydrogen-bond acceptors (Lipinski definition) is 15. The van der Waals surface area contributed by atoms with Gasteiger partial charge in [0.05, 0.1) is 26.4 Å². The van der Waals surface area contributed by atoms with Crippen LogP contribution in [0.25, 0.3) is 0 Å². The van der Waals surface area contributed by atoms with Crippen molar-refractivity contribution in [1.29, 1.82) is 0 Å². The predicted molar refractivity (Wildman–Crippen MR) is 395 cm³/mol. The number of esters is 4. The van der Waals surface area contributed by atoms with Crippen LogP contribution in [0.15, 0.2) is 24.3 Å². The molecule has 0 spiro atoms. The van der Waals surface area contributed by atoms with Gasteiger partial charge in [0.1, 0.15) is 19.3 Å². The van der Waals surface area contributed by atoms with Crippen molar-refractivity contribution in [3.05, 3.63) is 24.3 Å². The minimum atomic E-state index is -4.97. The molecule has 0 saturated carbocycles. The molecular weight excluding hydrogens is 1270 g/mol. The Bertz CT molecular complexity index is 1980. The number of phosphoric acid groups is 2. The lowest BCUT2D eigenvalue weighted by atomic mass is 9.99. The maximum absolute atomic E-state index is 13.1. The third-order valence-corrected chi connectivity index (χ3v) is 19.8. The molecule has 0 aliphatic carbocycles. The van der Waals surface area contributed by atoms with Crippen molar-refractivity contribution in [3.63, 3.8) is 0 Å². The summed E-state index contributed by atoms with van der Waals surface area (Å²) in [5.74, 6) is 0.179. The minimum absolute atomic E-state index is 0.100. The van der Waals surface area contributed by atoms with Gasteiger partial charge in [-0.1, -0.05) is 323 Å². The lowest BCUT2D eigenvalue weighted by Gasteiger charge is -2.21. The van der Waals surface area contributed by atoms with Crippen molar-refractivity contribution in [1.82, 2.24) is 0 Å². The molecule has 0 aromatic rings. The highest BCUT2D eigenvalue weighted by Gasteiger charge is 2.30. The first kappa shape index (κ1) is 94.5. The van der Waals surface area contributed by atoms with Crippen LogP contribution in [0.4, 0.5) is 0 Å². The molecule has 0 aromatic heterocycles. The number of rotatable bonds is 74. The first-order valence-corrected chi connectivity index (χ1v) is 42.7. The Morgan fingerprint density at radius 3 is 0.918 bits per heavy atom. The number of ether oxygens (including phenoxy) is 4. The highest BCUT2D eigenvalue weighted by molar-refractivity contribution is 7.47. The van der Waals surface area contributed by atoms with E-state index in [-0.39, 0.29) is 25.7 Å². The van der Waals surface area contributed by atoms with Gasteiger partial charge in [-0.05, 0) is 69.1 Å². The maximum atomic E-state index is 13.1. The van der Waals surface area contributed by atoms with Gasteiger partial charge in [0, 0.05) is 25.7 Å². The van der Waals surface area contributed by atoms with Crippen LogP contribution >= 0.6 is 15.6 Å². The molecule has 19 heteroatoms. The number of aliphatic hydroxyl groups is 1. The van der Waals surface area contributed by atoms with E-state index in [1.54, 1.807) is 0 Å². The Kier molecular flexibility index (Phi) is 66.3. The number of allylic oxidation sites excluding steroid dienone is 4. The van der Waals surface area contributed by atoms with Crippen LogP contribution in [0.5, 0.6) is 0 Å². The molecule has 572 valence electrons. The Balaban J connectivity index is 5.31. The molecule has 0 heterocycles. The normalized spacial score (nSPS) is 14.5. The van der Waals surface area contributed by atoms with Crippen LogP contribution in [0.3, 0.4) is 0 Å². The summed E-state index contributed by atoms with van der Waals surface area (Å²) in [6.07, 6.45) is 57.5. The highest BCUT2D eigenvalue weighted by atomic mass is 31.2. The average molecular weight is 1420 g/mol. The van der Waals surface area contributed by atoms with Crippen LogP contribution in [-0.4, -0.2) is 96.7 Å². The summed E-state index contributed by atoms with van der Waals surface area (Å²) in [4.78, 5) is 72.9. The molecule has 0 amide bonds. The van der Waals surface area contributed by atoms with Crippen LogP contribution in [0.1, 0.15) is 376 Å². The summed E-state index contributed by atoms with van der Waals surface area (Å²) in [6, 6.07) is 0. The second-order valence-electron chi connectivity index (χ2n) is 28.6. The maximum Gasteiger partial charge on any atom is 0.472 e. The van der Waals surface area contributed by atoms with Gasteiger partial charge in [-0.15, -0.1) is 0 Å². The summed E-state index contributed by atoms with van der Waals surface area (Å²) in [5, 5.41) is 10.6. The van der Waals surface area contributed by atoms with Gasteiger partial charge in [-0.2, -0.15) is 0 Å². The number of hydrogen-bond donors (Lipinski definition) is 3. The SMILES string of the molecule is CCCCCC/C=C\C=C/CCCCCCCC(=O)OC[C@H](COP(=O)(O)OC[C@@H](O)COP(=O)(O)OC[C@@H](COC(=O)CCCCCCCCCCC(C)CC)OC(=O)CCCCCCCCCCCCCC(C)C)OC(=O)CCCCCCCCCCCCCCCC(C)C. The van der Waals surface area contributed by atoms with E-state index < -0.39 is 97.5 Å². The summed E-state index contributed by atoms with van der Waals surface area (Å²) in [6.45, 7) is 11.9. The van der Waals surface area contributed by atoms with Gasteiger partial charge in [0.25, 0.3) is 0 Å². The Labute approximate surface area is 592 Å². The summed E-state index contributed by atoms with van der Waals surface area (Å²) in [7, 11) is -9.93. The van der Waals surface area contributed by atoms with E-state index in [4.69, 9.17) is 37.0 Å². The lowest BCUT2D eigenvalue weighted by Crippen LogP contribution is -2.30. The summed E-state index contributed by atoms with van der Waals surface area (Å²) < 4.78 is 68.6. The smallest absolute Gasteiger partial charge is 0.462 e. The predicted octanol–water partition coefficient (Wildman–Crippen LogP) is 22.5. The molecule has 0 bridgehead atoms. The molecule has 97 heavy (non-hydrogen) atoms. The van der Waals surface area contributed by atoms with E-state index in [1.165, 1.54) is 167 Å². The van der Waals surface area contributed by atoms with Crippen LogP contribution < -0.4 is 0 Å². The second-order valence-corrected chi connectivity index (χ2v) is 31.5. The zero-order valence-electron chi connectivity index (χ0n) is 63.0. The Morgan fingerprint density at radius 2 is 0.608 bits per heavy atom. The fourth-order valence-corrected chi connectivity index (χ4v) is 13.0. The summed E-state index contributed by atoms with van der Waals surface area (Å²) in [5.41, 5.74) is 0. The van der Waals surface area contributed by atoms with Gasteiger partial charge in [-0.25, -0.2) is 9.13 Å². The van der Waals surface area contributed by atoms with Gasteiger partial charge < -0.3 is 33.8 Å². The molecule has 17 nitrogen and oxygen atoms in total. The molecule has 0 fully saturated rings. The number of carbonyl (C=O) groups is 4. The van der Waals surface area contributed by atoms with E-state index in [0.717, 1.165) is 127 Å². The number of aliphatic hydroxyl groups excluding tert-OH is 1. The minimum Gasteiger partial charge on any atom is -0.462 e. The fourth-order valence-electron chi connectivity index (χ4n) is 11.4. The molecule has 3 N–H and O–H groups in total. The second kappa shape index (κ2) is 68.0. The van der Waals surface area contributed by atoms with Crippen molar-refractivity contribution in [2.45, 2.75) is 394 Å². The Morgan fingerprint density at radius 1 is 0.340 bits per heavy atom. The monoisotopic (exact) mass is 1420 g/mol. The first-order valence-electron chi connectivity index (χ1n) is 39.7. The molecule has 0 aromatic carbocycles. The number of carbonyl (C=O) groups excluding carboxylic acids is 4. The van der Waals surface area contributed by atoms with Crippen molar-refractivity contribution >= 4 is 39.5 Å². The molecule has 3 unspecified atom stereocenters. The zero-order valence-corrected chi connectivity index (χ0v) is 64.8. The molecule has 0 aliphatic rings. The first-order chi connectivity index (χ1) is 46.8. The lowest BCUT2D eigenvalue weighted by molar-refractivity contribution is -0.161. The third-order valence-electron chi connectivity index (χ3n) is 17.9. The zero-order chi connectivity index (χ0) is 71.6. The van der Waals surface area contributed by atoms with E-state index in [0.29, 0.717) is 25.7 Å². The van der Waals surface area contributed by atoms with Crippen molar-refractivity contribution in [2.75, 3.05) is 39.6 Å². The molecular formula is C78H148O17P2. The van der Waals surface area contributed by atoms with Crippen LogP contribution in [0, 0.1) is 17.8 Å². The van der Waals surface area contributed by atoms with E-state index in [2.05, 4.69) is 72.8 Å². The standard InChI is InChI=1S/C78H148O17P2/c1-8-10-11-12-13-14-15-16-17-20-25-30-38-45-52-59-75(80)88-65-73(94-77(82)61-54-47-40-31-26-21-18-19-23-28-35-42-49-56-69(3)4)67-92-96(84,85)90-63-72(79)64-91-97(86,87)93-68-74(66-89-76(81)60-53-46-39-34-33-37-44-51-58-71(7)9-2)95-78(83)62-55-48-41-32-27-22-24-29-36-43-50-57-70(5)6/h14-17,69-74,79H,8-13,18-68H2,1-7H3,(H,84,85)(H,86,87)/b15-14-,17-16-/t71?,72-,73-,74-/m1/s1. The van der Waals surface area contributed by atoms with Crippen LogP contribution in [-0.2, 0) is 65.4 Å². The quantitative estimate of drug-likeness (QED) is 0.0169. The molecule has 0 saturated heterocycles.